The second-order valence-electron chi connectivity index (χ2n) is 11.5. The number of fused-ring (bicyclic) bond motifs is 2. The summed E-state index contributed by atoms with van der Waals surface area (Å²) in [7, 11) is 0. The number of aromatic nitrogens is 2. The van der Waals surface area contributed by atoms with Gasteiger partial charge in [-0.2, -0.15) is 0 Å². The highest BCUT2D eigenvalue weighted by molar-refractivity contribution is 9.10. The molecular weight excluding hydrogens is 879 g/mol. The number of carbonyl (C=O) groups is 2. The molecule has 268 valence electrons. The van der Waals surface area contributed by atoms with Gasteiger partial charge in [-0.05, 0) is 129 Å². The van der Waals surface area contributed by atoms with Gasteiger partial charge in [-0.25, -0.2) is 9.97 Å². The number of nitrogen functional groups attached to an aromatic ring is 1. The third-order valence-electron chi connectivity index (χ3n) is 8.09. The molecule has 8 rings (SSSR count). The summed E-state index contributed by atoms with van der Waals surface area (Å²) >= 11 is 23.3. The van der Waals surface area contributed by atoms with Crippen molar-refractivity contribution in [2.45, 2.75) is 49.1 Å². The third-order valence-corrected chi connectivity index (χ3v) is 10.7. The number of hydrogen-bond donors (Lipinski definition) is 2. The molecule has 0 bridgehead atoms. The van der Waals surface area contributed by atoms with Crippen LogP contribution < -0.4 is 30.0 Å². The molecule has 4 heterocycles. The molecule has 0 spiro atoms. The molecule has 0 atom stereocenters. The Balaban J connectivity index is 0.000000148. The number of nitrogens with one attached hydrogen (secondary N) is 1. The summed E-state index contributed by atoms with van der Waals surface area (Å²) in [6, 6.07) is 15.3. The summed E-state index contributed by atoms with van der Waals surface area (Å²) in [5.41, 5.74) is 5.01. The maximum absolute atomic E-state index is 13.2. The van der Waals surface area contributed by atoms with Crippen molar-refractivity contribution in [2.75, 3.05) is 11.1 Å². The minimum absolute atomic E-state index is 0.0310. The number of nitrogens with two attached hydrogens (primary N) is 1. The summed E-state index contributed by atoms with van der Waals surface area (Å²) in [6.07, 6.45) is -4.86. The van der Waals surface area contributed by atoms with Crippen LogP contribution in [0.15, 0.2) is 69.9 Å². The number of nitrogens with zero attached hydrogens (tertiary/aromatic N) is 2. The van der Waals surface area contributed by atoms with Crippen LogP contribution in [0.3, 0.4) is 0 Å². The van der Waals surface area contributed by atoms with Crippen LogP contribution in [0.2, 0.25) is 10.0 Å². The Morgan fingerprint density at radius 1 is 0.686 bits per heavy atom. The van der Waals surface area contributed by atoms with Crippen LogP contribution in [-0.2, 0) is 20.4 Å². The maximum Gasteiger partial charge on any atom is 0.586 e. The number of ether oxygens (including phenoxy) is 4. The van der Waals surface area contributed by atoms with Gasteiger partial charge in [-0.3, -0.25) is 9.59 Å². The highest BCUT2D eigenvalue weighted by Gasteiger charge is 2.53. The van der Waals surface area contributed by atoms with Gasteiger partial charge in [0.1, 0.15) is 20.8 Å². The van der Waals surface area contributed by atoms with Crippen molar-refractivity contribution >= 4 is 89.4 Å². The largest absolute Gasteiger partial charge is 0.586 e. The number of alkyl halides is 4. The summed E-state index contributed by atoms with van der Waals surface area (Å²) in [6.45, 7) is 0. The summed E-state index contributed by atoms with van der Waals surface area (Å²) in [5, 5.41) is 3.27. The van der Waals surface area contributed by atoms with Gasteiger partial charge < -0.3 is 30.0 Å². The zero-order valence-electron chi connectivity index (χ0n) is 25.4. The minimum Gasteiger partial charge on any atom is -0.395 e. The van der Waals surface area contributed by atoms with Gasteiger partial charge in [0.25, 0.3) is 0 Å². The fourth-order valence-corrected chi connectivity index (χ4v) is 6.31. The van der Waals surface area contributed by atoms with Gasteiger partial charge in [0.2, 0.25) is 11.1 Å². The van der Waals surface area contributed by atoms with Crippen molar-refractivity contribution in [3.63, 3.8) is 0 Å². The smallest absolute Gasteiger partial charge is 0.395 e. The van der Waals surface area contributed by atoms with Crippen molar-refractivity contribution in [1.82, 2.24) is 9.97 Å². The molecule has 0 radical (unpaired) electrons. The Morgan fingerprint density at radius 2 is 1.14 bits per heavy atom. The lowest BCUT2D eigenvalue weighted by atomic mass is 9.94. The lowest BCUT2D eigenvalue weighted by molar-refractivity contribution is -0.287. The van der Waals surface area contributed by atoms with E-state index in [2.05, 4.69) is 66.1 Å². The molecule has 4 aliphatic rings. The molecule has 19 heteroatoms. The van der Waals surface area contributed by atoms with Crippen LogP contribution in [0.4, 0.5) is 29.2 Å². The quantitative estimate of drug-likeness (QED) is 0.114. The van der Waals surface area contributed by atoms with Gasteiger partial charge >= 0.3 is 12.6 Å². The Hall–Kier alpha value is -3.57. The molecule has 1 amide bonds. The molecule has 10 nitrogen and oxygen atoms in total. The topological polar surface area (TPSA) is 135 Å². The monoisotopic (exact) mass is 896 g/mol. The van der Waals surface area contributed by atoms with Crippen molar-refractivity contribution in [3.8, 4) is 23.0 Å². The number of hydrogen-bond acceptors (Lipinski definition) is 9. The van der Waals surface area contributed by atoms with E-state index in [0.717, 1.165) is 0 Å². The Kier molecular flexibility index (Phi) is 10.0. The molecule has 3 N–H and O–H groups in total. The number of benzene rings is 2. The van der Waals surface area contributed by atoms with Gasteiger partial charge in [0.05, 0.1) is 20.9 Å². The Bertz CT molecular complexity index is 2060. The highest BCUT2D eigenvalue weighted by atomic mass is 79.9. The molecule has 2 aliphatic carbocycles. The lowest BCUT2D eigenvalue weighted by Gasteiger charge is -2.16. The molecule has 2 aromatic heterocycles. The van der Waals surface area contributed by atoms with E-state index in [1.165, 1.54) is 24.3 Å². The number of pyridine rings is 2. The lowest BCUT2D eigenvalue weighted by Crippen LogP contribution is -2.28. The number of halogens is 9. The van der Waals surface area contributed by atoms with Crippen LogP contribution in [0.5, 0.6) is 23.0 Å². The van der Waals surface area contributed by atoms with E-state index in [-0.39, 0.29) is 28.9 Å². The van der Waals surface area contributed by atoms with Gasteiger partial charge in [0.15, 0.2) is 23.0 Å². The Morgan fingerprint density at radius 3 is 1.57 bits per heavy atom. The Labute approximate surface area is 318 Å². The van der Waals surface area contributed by atoms with E-state index in [0.29, 0.717) is 67.7 Å². The predicted molar refractivity (Wildman–Crippen MR) is 185 cm³/mol. The van der Waals surface area contributed by atoms with Crippen LogP contribution in [-0.4, -0.2) is 33.7 Å². The molecule has 0 saturated heterocycles. The number of rotatable bonds is 5. The van der Waals surface area contributed by atoms with Crippen molar-refractivity contribution in [2.24, 2.45) is 0 Å². The van der Waals surface area contributed by atoms with Crippen LogP contribution in [0.25, 0.3) is 0 Å². The first kappa shape index (κ1) is 37.2. The molecule has 2 saturated carbocycles. The van der Waals surface area contributed by atoms with E-state index in [4.69, 9.17) is 40.5 Å². The predicted octanol–water partition coefficient (Wildman–Crippen LogP) is 9.37. The van der Waals surface area contributed by atoms with E-state index in [1.54, 1.807) is 36.4 Å². The van der Waals surface area contributed by atoms with Crippen molar-refractivity contribution in [1.29, 1.82) is 0 Å². The number of amides is 1. The zero-order valence-corrected chi connectivity index (χ0v) is 30.9. The number of anilines is 2. The molecule has 0 unspecified atom stereocenters. The highest BCUT2D eigenvalue weighted by Crippen LogP contribution is 2.54. The first-order chi connectivity index (χ1) is 23.9. The van der Waals surface area contributed by atoms with E-state index >= 15 is 0 Å². The fourth-order valence-electron chi connectivity index (χ4n) is 5.14. The van der Waals surface area contributed by atoms with Gasteiger partial charge in [0, 0.05) is 0 Å². The number of carbonyl (C=O) groups excluding carboxylic acids is 2. The molecule has 51 heavy (non-hydrogen) atoms. The van der Waals surface area contributed by atoms with Gasteiger partial charge in [-0.1, -0.05) is 35.3 Å². The summed E-state index contributed by atoms with van der Waals surface area (Å²) < 4.78 is 70.4. The average molecular weight is 900 g/mol. The van der Waals surface area contributed by atoms with Crippen LogP contribution in [0, 0.1) is 0 Å². The minimum atomic E-state index is -3.68. The fraction of sp³-hybridized carbons (Fsp3) is 0.250. The average Bonchev–Trinajstić information content (AvgIpc) is 3.97. The standard InChI is InChI=1S/C16H10BrClF2N2O3.C11H7ClF2O3.C5H4BrClN2/c17-13-9(18)2-4-12(21-13)22-14(23)15(5-6-15)8-1-3-10-11(7-8)25-16(19,20)24-10;12-9(15)10(3-4-10)6-1-2-7-8(5-6)17-11(13,14)16-7;6-5-3(7)1-2-4(8)9-5/h1-4,7H,5-6H2,(H,21,22,23);1-2,5H,3-4H2;1-2H,(H2,8,9). The third kappa shape index (κ3) is 8.09. The molecule has 4 aromatic rings. The van der Waals surface area contributed by atoms with E-state index < -0.39 is 28.7 Å². The molecular formula is C32H21Br2Cl3F4N4O6. The van der Waals surface area contributed by atoms with Gasteiger partial charge in [-0.15, -0.1) is 17.6 Å². The first-order valence-corrected chi connectivity index (χ1v) is 17.4. The van der Waals surface area contributed by atoms with E-state index in [9.17, 15) is 27.2 Å². The van der Waals surface area contributed by atoms with Crippen molar-refractivity contribution in [3.05, 3.63) is 91.0 Å². The van der Waals surface area contributed by atoms with E-state index in [1.807, 2.05) is 0 Å². The van der Waals surface area contributed by atoms with Crippen LogP contribution in [0.1, 0.15) is 36.8 Å². The summed E-state index contributed by atoms with van der Waals surface area (Å²) in [5.74, 6) is 0.335. The second kappa shape index (κ2) is 13.8. The SMILES string of the molecule is Nc1ccc(Cl)c(Br)n1.O=C(Cl)C1(c2ccc3c(c2)OC(F)(F)O3)CC1.O=C(Nc1ccc(Cl)c(Br)n1)C1(c2ccc3c(c2)OC(F)(F)O3)CC1. The normalized spacial score (nSPS) is 18.3. The zero-order chi connectivity index (χ0) is 36.9. The second-order valence-corrected chi connectivity index (χ2v) is 14.2. The van der Waals surface area contributed by atoms with Crippen LogP contribution >= 0.6 is 66.7 Å². The maximum atomic E-state index is 13.2. The first-order valence-electron chi connectivity index (χ1n) is 14.6. The molecule has 2 aliphatic heterocycles. The summed E-state index contributed by atoms with van der Waals surface area (Å²) in [4.78, 5) is 32.0. The molecule has 2 fully saturated rings. The molecule has 2 aromatic carbocycles. The van der Waals surface area contributed by atoms with Crippen molar-refractivity contribution < 1.29 is 46.1 Å².